The molecule has 0 aliphatic carbocycles. The number of aryl methyl sites for hydroxylation is 2. The molecule has 1 rings (SSSR count). The van der Waals surface area contributed by atoms with Crippen LogP contribution in [0.2, 0.25) is 0 Å². The van der Waals surface area contributed by atoms with E-state index >= 15 is 0 Å². The molecular formula is C15H24N2O2. The van der Waals surface area contributed by atoms with E-state index in [-0.39, 0.29) is 12.6 Å². The number of benzene rings is 1. The smallest absolute Gasteiger partial charge is 0.321 e. The van der Waals surface area contributed by atoms with Gasteiger partial charge in [0.2, 0.25) is 0 Å². The minimum Gasteiger partial charge on any atom is -0.395 e. The largest absolute Gasteiger partial charge is 0.395 e. The summed E-state index contributed by atoms with van der Waals surface area (Å²) in [6.07, 6.45) is 1.96. The molecule has 0 radical (unpaired) electrons. The fourth-order valence-corrected chi connectivity index (χ4v) is 2.10. The van der Waals surface area contributed by atoms with Gasteiger partial charge in [-0.05, 0) is 43.0 Å². The summed E-state index contributed by atoms with van der Waals surface area (Å²) >= 11 is 0. The number of nitrogens with zero attached hydrogens (tertiary/aromatic N) is 1. The molecule has 0 bridgehead atoms. The molecular weight excluding hydrogens is 240 g/mol. The van der Waals surface area contributed by atoms with Crippen molar-refractivity contribution in [1.82, 2.24) is 4.90 Å². The minimum absolute atomic E-state index is 0.0176. The van der Waals surface area contributed by atoms with Crippen LogP contribution in [0.3, 0.4) is 0 Å². The Morgan fingerprint density at radius 2 is 1.89 bits per heavy atom. The van der Waals surface area contributed by atoms with Gasteiger partial charge in [-0.25, -0.2) is 4.79 Å². The summed E-state index contributed by atoms with van der Waals surface area (Å²) in [5.74, 6) is 0. The second-order valence-corrected chi connectivity index (χ2v) is 4.42. The van der Waals surface area contributed by atoms with Crippen LogP contribution in [0.1, 0.15) is 31.9 Å². The van der Waals surface area contributed by atoms with Crippen molar-refractivity contribution in [3.05, 3.63) is 29.3 Å². The molecule has 4 heteroatoms. The number of aliphatic hydroxyl groups excluding tert-OH is 1. The van der Waals surface area contributed by atoms with Gasteiger partial charge >= 0.3 is 6.03 Å². The fraction of sp³-hybridized carbons (Fsp3) is 0.533. The molecule has 0 aromatic heterocycles. The molecule has 0 aliphatic rings. The molecule has 0 atom stereocenters. The lowest BCUT2D eigenvalue weighted by molar-refractivity contribution is 0.192. The lowest BCUT2D eigenvalue weighted by atomic mass is 10.0. The standard InChI is InChI=1S/C15H24N2O2/c1-4-12-7-8-14(11-13(12)5-2)16-15(19)17(6-3)9-10-18/h7-8,11,18H,4-6,9-10H2,1-3H3,(H,16,19). The predicted octanol–water partition coefficient (Wildman–Crippen LogP) is 2.66. The van der Waals surface area contributed by atoms with E-state index in [4.69, 9.17) is 5.11 Å². The quantitative estimate of drug-likeness (QED) is 0.830. The number of anilines is 1. The van der Waals surface area contributed by atoms with Gasteiger partial charge in [0.05, 0.1) is 6.61 Å². The number of likely N-dealkylation sites (N-methyl/N-ethyl adjacent to an activating group) is 1. The first-order valence-corrected chi connectivity index (χ1v) is 6.94. The molecule has 1 aromatic carbocycles. The Hall–Kier alpha value is -1.55. The molecule has 1 aromatic rings. The van der Waals surface area contributed by atoms with Gasteiger partial charge < -0.3 is 15.3 Å². The zero-order chi connectivity index (χ0) is 14.3. The van der Waals surface area contributed by atoms with E-state index in [1.807, 2.05) is 19.1 Å². The van der Waals surface area contributed by atoms with Crippen LogP contribution >= 0.6 is 0 Å². The van der Waals surface area contributed by atoms with E-state index in [0.29, 0.717) is 13.1 Å². The summed E-state index contributed by atoms with van der Waals surface area (Å²) in [6.45, 7) is 7.07. The summed E-state index contributed by atoms with van der Waals surface area (Å²) in [4.78, 5) is 13.6. The average Bonchev–Trinajstić information content (AvgIpc) is 2.44. The summed E-state index contributed by atoms with van der Waals surface area (Å²) < 4.78 is 0. The van der Waals surface area contributed by atoms with Gasteiger partial charge in [0.25, 0.3) is 0 Å². The Morgan fingerprint density at radius 1 is 1.21 bits per heavy atom. The predicted molar refractivity (Wildman–Crippen MR) is 78.5 cm³/mol. The normalized spacial score (nSPS) is 10.3. The number of rotatable bonds is 6. The second-order valence-electron chi connectivity index (χ2n) is 4.42. The highest BCUT2D eigenvalue weighted by Crippen LogP contribution is 2.17. The van der Waals surface area contributed by atoms with Crippen LogP contribution in [0.4, 0.5) is 10.5 Å². The van der Waals surface area contributed by atoms with Gasteiger partial charge in [-0.2, -0.15) is 0 Å². The maximum Gasteiger partial charge on any atom is 0.321 e. The third-order valence-electron chi connectivity index (χ3n) is 3.26. The summed E-state index contributed by atoms with van der Waals surface area (Å²) in [7, 11) is 0. The minimum atomic E-state index is -0.164. The Bertz CT molecular complexity index is 419. The molecule has 0 heterocycles. The number of carbonyl (C=O) groups is 1. The third-order valence-corrected chi connectivity index (χ3v) is 3.26. The fourth-order valence-electron chi connectivity index (χ4n) is 2.10. The number of carbonyl (C=O) groups excluding carboxylic acids is 1. The number of aliphatic hydroxyl groups is 1. The maximum atomic E-state index is 12.0. The SMILES string of the molecule is CCc1ccc(NC(=O)N(CC)CCO)cc1CC. The first kappa shape index (κ1) is 15.5. The second kappa shape index (κ2) is 7.79. The average molecular weight is 264 g/mol. The number of nitrogens with one attached hydrogen (secondary N) is 1. The number of hydrogen-bond donors (Lipinski definition) is 2. The van der Waals surface area contributed by atoms with E-state index in [9.17, 15) is 4.79 Å². The maximum absolute atomic E-state index is 12.0. The van der Waals surface area contributed by atoms with Crippen molar-refractivity contribution < 1.29 is 9.90 Å². The first-order valence-electron chi connectivity index (χ1n) is 6.94. The lowest BCUT2D eigenvalue weighted by Crippen LogP contribution is -2.36. The first-order chi connectivity index (χ1) is 9.15. The van der Waals surface area contributed by atoms with E-state index in [2.05, 4.69) is 25.2 Å². The zero-order valence-electron chi connectivity index (χ0n) is 12.1. The van der Waals surface area contributed by atoms with Crippen LogP contribution in [-0.2, 0) is 12.8 Å². The van der Waals surface area contributed by atoms with Crippen molar-refractivity contribution in [1.29, 1.82) is 0 Å². The molecule has 0 spiro atoms. The Kier molecular flexibility index (Phi) is 6.36. The number of amides is 2. The van der Waals surface area contributed by atoms with E-state index in [0.717, 1.165) is 18.5 Å². The van der Waals surface area contributed by atoms with Crippen molar-refractivity contribution in [3.8, 4) is 0 Å². The van der Waals surface area contributed by atoms with Crippen molar-refractivity contribution in [2.45, 2.75) is 33.6 Å². The molecule has 0 saturated carbocycles. The van der Waals surface area contributed by atoms with Crippen molar-refractivity contribution >= 4 is 11.7 Å². The highest BCUT2D eigenvalue weighted by Gasteiger charge is 2.11. The molecule has 2 N–H and O–H groups in total. The van der Waals surface area contributed by atoms with Gasteiger partial charge in [-0.15, -0.1) is 0 Å². The molecule has 0 unspecified atom stereocenters. The van der Waals surface area contributed by atoms with Crippen LogP contribution in [0.25, 0.3) is 0 Å². The highest BCUT2D eigenvalue weighted by atomic mass is 16.3. The van der Waals surface area contributed by atoms with Crippen molar-refractivity contribution in [2.75, 3.05) is 25.0 Å². The van der Waals surface area contributed by atoms with Gasteiger partial charge in [0.15, 0.2) is 0 Å². The molecule has 2 amide bonds. The number of urea groups is 1. The molecule has 106 valence electrons. The monoisotopic (exact) mass is 264 g/mol. The summed E-state index contributed by atoms with van der Waals surface area (Å²) in [5, 5.41) is 11.8. The van der Waals surface area contributed by atoms with Gasteiger partial charge in [0.1, 0.15) is 0 Å². The van der Waals surface area contributed by atoms with E-state index in [1.54, 1.807) is 4.90 Å². The molecule has 4 nitrogen and oxygen atoms in total. The Morgan fingerprint density at radius 3 is 2.42 bits per heavy atom. The van der Waals surface area contributed by atoms with Crippen LogP contribution in [0.15, 0.2) is 18.2 Å². The summed E-state index contributed by atoms with van der Waals surface area (Å²) in [5.41, 5.74) is 3.41. The summed E-state index contributed by atoms with van der Waals surface area (Å²) in [6, 6.07) is 5.87. The molecule has 0 aliphatic heterocycles. The Balaban J connectivity index is 2.79. The molecule has 0 saturated heterocycles. The third kappa shape index (κ3) is 4.24. The lowest BCUT2D eigenvalue weighted by Gasteiger charge is -2.20. The molecule has 19 heavy (non-hydrogen) atoms. The van der Waals surface area contributed by atoms with Crippen molar-refractivity contribution in [2.24, 2.45) is 0 Å². The van der Waals surface area contributed by atoms with Gasteiger partial charge in [-0.1, -0.05) is 19.9 Å². The van der Waals surface area contributed by atoms with Gasteiger partial charge in [0, 0.05) is 18.8 Å². The molecule has 0 fully saturated rings. The van der Waals surface area contributed by atoms with Crippen LogP contribution in [-0.4, -0.2) is 35.7 Å². The van der Waals surface area contributed by atoms with E-state index < -0.39 is 0 Å². The topological polar surface area (TPSA) is 52.6 Å². The van der Waals surface area contributed by atoms with Crippen LogP contribution < -0.4 is 5.32 Å². The highest BCUT2D eigenvalue weighted by molar-refractivity contribution is 5.89. The van der Waals surface area contributed by atoms with E-state index in [1.165, 1.54) is 11.1 Å². The number of hydrogen-bond acceptors (Lipinski definition) is 2. The van der Waals surface area contributed by atoms with Gasteiger partial charge in [-0.3, -0.25) is 0 Å². The van der Waals surface area contributed by atoms with Crippen molar-refractivity contribution in [3.63, 3.8) is 0 Å². The Labute approximate surface area is 115 Å². The zero-order valence-corrected chi connectivity index (χ0v) is 12.1. The van der Waals surface area contributed by atoms with Crippen LogP contribution in [0.5, 0.6) is 0 Å². The van der Waals surface area contributed by atoms with Crippen LogP contribution in [0, 0.1) is 0 Å².